The van der Waals surface area contributed by atoms with Crippen molar-refractivity contribution in [3.8, 4) is 0 Å². The van der Waals surface area contributed by atoms with Gasteiger partial charge in [0, 0.05) is 6.42 Å². The number of hydrogen-bond donors (Lipinski definition) is 7. The third-order valence-corrected chi connectivity index (χ3v) is 5.19. The molecule has 33 heavy (non-hydrogen) atoms. The van der Waals surface area contributed by atoms with Gasteiger partial charge in [0.1, 0.15) is 18.1 Å². The molecule has 0 aliphatic heterocycles. The largest absolute Gasteiger partial charge is 0.480 e. The van der Waals surface area contributed by atoms with E-state index in [2.05, 4.69) is 16.0 Å². The summed E-state index contributed by atoms with van der Waals surface area (Å²) in [6.45, 7) is 3.16. The molecule has 0 aliphatic carbocycles. The van der Waals surface area contributed by atoms with Crippen LogP contribution in [0.5, 0.6) is 0 Å². The Kier molecular flexibility index (Phi) is 13.7. The van der Waals surface area contributed by atoms with Crippen LogP contribution in [0.25, 0.3) is 0 Å². The van der Waals surface area contributed by atoms with E-state index in [1.807, 2.05) is 0 Å². The van der Waals surface area contributed by atoms with Crippen LogP contribution in [0.1, 0.15) is 39.5 Å². The summed E-state index contributed by atoms with van der Waals surface area (Å²) in [5, 5.41) is 16.4. The van der Waals surface area contributed by atoms with Crippen LogP contribution in [-0.2, 0) is 28.8 Å². The number of primary amides is 2. The van der Waals surface area contributed by atoms with Crippen molar-refractivity contribution in [3.05, 3.63) is 0 Å². The highest BCUT2D eigenvalue weighted by atomic mass is 32.2. The number of carbonyl (C=O) groups excluding carboxylic acids is 5. The summed E-state index contributed by atoms with van der Waals surface area (Å²) in [5.41, 5.74) is 16.0. The Labute approximate surface area is 196 Å². The smallest absolute Gasteiger partial charge is 0.326 e. The molecule has 0 radical (unpaired) electrons. The predicted octanol–water partition coefficient (Wildman–Crippen LogP) is -2.60. The maximum absolute atomic E-state index is 12.8. The first-order valence-electron chi connectivity index (χ1n) is 10.2. The number of amides is 5. The molecule has 0 aromatic rings. The first-order chi connectivity index (χ1) is 15.3. The van der Waals surface area contributed by atoms with Gasteiger partial charge in [0.15, 0.2) is 0 Å². The number of rotatable bonds is 16. The number of carboxylic acid groups (broad SMARTS) is 1. The van der Waals surface area contributed by atoms with Crippen molar-refractivity contribution in [1.29, 1.82) is 0 Å². The standard InChI is InChI=1S/C19H34N6O7S/c1-9(2)15(19(31)32)25-18(30)12(8-14(22)27)24-17(29)11(6-7-33-3)23-16(28)10(20)4-5-13(21)26/h9-12,15H,4-8,20H2,1-3H3,(H2,21,26)(H2,22,27)(H,23,28)(H,24,29)(H,25,30)(H,31,32). The van der Waals surface area contributed by atoms with Crippen molar-refractivity contribution >= 4 is 47.3 Å². The van der Waals surface area contributed by atoms with Crippen LogP contribution >= 0.6 is 11.8 Å². The molecule has 14 heteroatoms. The van der Waals surface area contributed by atoms with Crippen LogP contribution < -0.4 is 33.2 Å². The second-order valence-electron chi connectivity index (χ2n) is 7.75. The molecule has 4 unspecified atom stereocenters. The summed E-state index contributed by atoms with van der Waals surface area (Å²) in [5.74, 6) is -5.19. The molecule has 0 heterocycles. The third kappa shape index (κ3) is 12.1. The van der Waals surface area contributed by atoms with E-state index >= 15 is 0 Å². The highest BCUT2D eigenvalue weighted by Gasteiger charge is 2.32. The lowest BCUT2D eigenvalue weighted by Crippen LogP contribution is -2.58. The van der Waals surface area contributed by atoms with Crippen molar-refractivity contribution in [2.24, 2.45) is 23.1 Å². The van der Waals surface area contributed by atoms with Crippen molar-refractivity contribution in [2.45, 2.75) is 63.7 Å². The van der Waals surface area contributed by atoms with Gasteiger partial charge in [-0.25, -0.2) is 4.79 Å². The summed E-state index contributed by atoms with van der Waals surface area (Å²) >= 11 is 1.41. The van der Waals surface area contributed by atoms with Crippen LogP contribution in [-0.4, -0.2) is 76.8 Å². The number of nitrogens with two attached hydrogens (primary N) is 3. The monoisotopic (exact) mass is 490 g/mol. The summed E-state index contributed by atoms with van der Waals surface area (Å²) in [7, 11) is 0. The fourth-order valence-corrected chi connectivity index (χ4v) is 3.13. The van der Waals surface area contributed by atoms with E-state index < -0.39 is 72.0 Å². The maximum atomic E-state index is 12.8. The fraction of sp³-hybridized carbons (Fsp3) is 0.684. The number of carboxylic acids is 1. The Morgan fingerprint density at radius 1 is 0.848 bits per heavy atom. The maximum Gasteiger partial charge on any atom is 0.326 e. The molecule has 0 rings (SSSR count). The minimum atomic E-state index is -1.45. The van der Waals surface area contributed by atoms with Gasteiger partial charge in [-0.3, -0.25) is 24.0 Å². The summed E-state index contributed by atoms with van der Waals surface area (Å²) in [4.78, 5) is 71.4. The number of aliphatic carboxylic acids is 1. The molecule has 0 aromatic carbocycles. The molecule has 0 saturated carbocycles. The molecule has 13 nitrogen and oxygen atoms in total. The van der Waals surface area contributed by atoms with E-state index in [0.29, 0.717) is 5.75 Å². The van der Waals surface area contributed by atoms with Gasteiger partial charge in [-0.1, -0.05) is 13.8 Å². The van der Waals surface area contributed by atoms with E-state index in [-0.39, 0.29) is 19.3 Å². The average Bonchev–Trinajstić information content (AvgIpc) is 2.71. The molecule has 0 spiro atoms. The van der Waals surface area contributed by atoms with Crippen LogP contribution in [0.15, 0.2) is 0 Å². The van der Waals surface area contributed by atoms with Crippen LogP contribution in [0.3, 0.4) is 0 Å². The lowest BCUT2D eigenvalue weighted by molar-refractivity contribution is -0.143. The molecule has 5 amide bonds. The van der Waals surface area contributed by atoms with Gasteiger partial charge < -0.3 is 38.3 Å². The topological polar surface area (TPSA) is 237 Å². The van der Waals surface area contributed by atoms with Crippen LogP contribution in [0.4, 0.5) is 0 Å². The summed E-state index contributed by atoms with van der Waals surface area (Å²) in [6, 6.07) is -4.89. The van der Waals surface area contributed by atoms with Gasteiger partial charge in [-0.05, 0) is 30.8 Å². The average molecular weight is 491 g/mol. The summed E-state index contributed by atoms with van der Waals surface area (Å²) in [6.07, 6.45) is 1.25. The van der Waals surface area contributed by atoms with Crippen LogP contribution in [0.2, 0.25) is 0 Å². The molecule has 188 valence electrons. The van der Waals surface area contributed by atoms with E-state index in [1.165, 1.54) is 11.8 Å². The van der Waals surface area contributed by atoms with Crippen molar-refractivity contribution in [1.82, 2.24) is 16.0 Å². The number of nitrogens with one attached hydrogen (secondary N) is 3. The van der Waals surface area contributed by atoms with Gasteiger partial charge >= 0.3 is 5.97 Å². The zero-order chi connectivity index (χ0) is 25.7. The van der Waals surface area contributed by atoms with E-state index in [9.17, 15) is 33.9 Å². The molecule has 0 aromatic heterocycles. The zero-order valence-electron chi connectivity index (χ0n) is 19.0. The number of thioether (sulfide) groups is 1. The SMILES string of the molecule is CSCCC(NC(=O)C(N)CCC(N)=O)C(=O)NC(CC(N)=O)C(=O)NC(C(=O)O)C(C)C. The molecular formula is C19H34N6O7S. The first kappa shape index (κ1) is 30.1. The molecule has 10 N–H and O–H groups in total. The molecule has 0 fully saturated rings. The Morgan fingerprint density at radius 2 is 1.39 bits per heavy atom. The van der Waals surface area contributed by atoms with Crippen molar-refractivity contribution in [3.63, 3.8) is 0 Å². The highest BCUT2D eigenvalue weighted by molar-refractivity contribution is 7.98. The summed E-state index contributed by atoms with van der Waals surface area (Å²) < 4.78 is 0. The van der Waals surface area contributed by atoms with Crippen molar-refractivity contribution in [2.75, 3.05) is 12.0 Å². The minimum Gasteiger partial charge on any atom is -0.480 e. The second kappa shape index (κ2) is 15.1. The Hall–Kier alpha value is -2.87. The first-order valence-corrected chi connectivity index (χ1v) is 11.6. The molecule has 4 atom stereocenters. The van der Waals surface area contributed by atoms with Gasteiger partial charge in [0.2, 0.25) is 29.5 Å². The van der Waals surface area contributed by atoms with Gasteiger partial charge in [-0.15, -0.1) is 0 Å². The highest BCUT2D eigenvalue weighted by Crippen LogP contribution is 2.06. The third-order valence-electron chi connectivity index (χ3n) is 4.55. The molecule has 0 bridgehead atoms. The lowest BCUT2D eigenvalue weighted by Gasteiger charge is -2.25. The number of hydrogen-bond acceptors (Lipinski definition) is 8. The Bertz CT molecular complexity index is 733. The molecule has 0 saturated heterocycles. The van der Waals surface area contributed by atoms with Gasteiger partial charge in [0.25, 0.3) is 0 Å². The predicted molar refractivity (Wildman–Crippen MR) is 121 cm³/mol. The van der Waals surface area contributed by atoms with E-state index in [0.717, 1.165) is 0 Å². The second-order valence-corrected chi connectivity index (χ2v) is 8.74. The van der Waals surface area contributed by atoms with Gasteiger partial charge in [-0.2, -0.15) is 11.8 Å². The normalized spacial score (nSPS) is 14.5. The van der Waals surface area contributed by atoms with E-state index in [4.69, 9.17) is 17.2 Å². The molecule has 0 aliphatic rings. The molecular weight excluding hydrogens is 456 g/mol. The zero-order valence-corrected chi connectivity index (χ0v) is 19.8. The number of carbonyl (C=O) groups is 6. The Morgan fingerprint density at radius 3 is 1.85 bits per heavy atom. The lowest BCUT2D eigenvalue weighted by atomic mass is 10.0. The fourth-order valence-electron chi connectivity index (χ4n) is 2.66. The van der Waals surface area contributed by atoms with Crippen molar-refractivity contribution < 1.29 is 33.9 Å². The minimum absolute atomic E-state index is 0.0173. The quantitative estimate of drug-likeness (QED) is 0.120. The van der Waals surface area contributed by atoms with Crippen LogP contribution in [0, 0.1) is 5.92 Å². The van der Waals surface area contributed by atoms with Gasteiger partial charge in [0.05, 0.1) is 12.5 Å². The van der Waals surface area contributed by atoms with E-state index in [1.54, 1.807) is 20.1 Å². The Balaban J connectivity index is 5.44.